The molecule has 0 saturated heterocycles. The highest BCUT2D eigenvalue weighted by Crippen LogP contribution is 2.22. The first-order valence-corrected chi connectivity index (χ1v) is 8.25. The van der Waals surface area contributed by atoms with Crippen LogP contribution in [0.1, 0.15) is 44.3 Å². The monoisotopic (exact) mass is 312 g/mol. The number of carbonyl (C=O) groups excluding carboxylic acids is 1. The summed E-state index contributed by atoms with van der Waals surface area (Å²) in [5.74, 6) is 0.0539. The number of hydrogen-bond acceptors (Lipinski definition) is 3. The van der Waals surface area contributed by atoms with Gasteiger partial charge in [-0.15, -0.1) is 0 Å². The zero-order valence-corrected chi connectivity index (χ0v) is 13.6. The summed E-state index contributed by atoms with van der Waals surface area (Å²) in [5.41, 5.74) is 0.991. The van der Waals surface area contributed by atoms with E-state index in [-0.39, 0.29) is 24.0 Å². The number of hydrogen-bond donors (Lipinski definition) is 2. The summed E-state index contributed by atoms with van der Waals surface area (Å²) in [6, 6.07) is 12.1. The van der Waals surface area contributed by atoms with Crippen molar-refractivity contribution in [2.75, 3.05) is 0 Å². The van der Waals surface area contributed by atoms with Crippen molar-refractivity contribution in [1.29, 1.82) is 0 Å². The van der Waals surface area contributed by atoms with Gasteiger partial charge in [-0.05, 0) is 38.3 Å². The number of carbonyl (C=O) groups is 1. The maximum absolute atomic E-state index is 12.6. The van der Waals surface area contributed by atoms with Crippen LogP contribution in [0.2, 0.25) is 0 Å². The van der Waals surface area contributed by atoms with E-state index in [4.69, 9.17) is 0 Å². The molecule has 0 unspecified atom stereocenters. The second-order valence-electron chi connectivity index (χ2n) is 6.31. The van der Waals surface area contributed by atoms with Crippen molar-refractivity contribution in [3.63, 3.8) is 0 Å². The zero-order valence-electron chi connectivity index (χ0n) is 13.6. The fourth-order valence-electron chi connectivity index (χ4n) is 2.63. The average molecular weight is 312 g/mol. The van der Waals surface area contributed by atoms with Gasteiger partial charge in [-0.25, -0.2) is 0 Å². The molecule has 122 valence electrons. The molecule has 5 nitrogen and oxygen atoms in total. The molecule has 0 aliphatic heterocycles. The molecule has 1 heterocycles. The molecule has 1 saturated carbocycles. The standard InChI is InChI=1S/C18H24N4O/c1-13(14(2)22-12-6-11-19-22)20-17(15-7-4-3-5-8-15)18(23)21-16-9-10-16/h3-8,11-14,16-17,20H,9-10H2,1-2H3,(H,21,23)/t13-,14-,17-/m0/s1. The number of aromatic nitrogens is 2. The molecule has 2 N–H and O–H groups in total. The molecule has 1 aliphatic carbocycles. The van der Waals surface area contributed by atoms with Crippen molar-refractivity contribution in [2.45, 2.75) is 50.9 Å². The lowest BCUT2D eigenvalue weighted by Crippen LogP contribution is -2.44. The predicted octanol–water partition coefficient (Wildman–Crippen LogP) is 2.44. The number of amides is 1. The van der Waals surface area contributed by atoms with Crippen LogP contribution in [0.15, 0.2) is 48.8 Å². The van der Waals surface area contributed by atoms with E-state index in [1.807, 2.05) is 47.3 Å². The van der Waals surface area contributed by atoms with Gasteiger partial charge in [0.15, 0.2) is 0 Å². The molecule has 3 rings (SSSR count). The van der Waals surface area contributed by atoms with Crippen LogP contribution in [0.5, 0.6) is 0 Å². The largest absolute Gasteiger partial charge is 0.352 e. The minimum absolute atomic E-state index is 0.0539. The van der Waals surface area contributed by atoms with Crippen molar-refractivity contribution < 1.29 is 4.79 Å². The molecule has 1 aromatic carbocycles. The fourth-order valence-corrected chi connectivity index (χ4v) is 2.63. The van der Waals surface area contributed by atoms with Crippen LogP contribution in [0, 0.1) is 0 Å². The van der Waals surface area contributed by atoms with E-state index in [1.54, 1.807) is 6.20 Å². The van der Waals surface area contributed by atoms with Gasteiger partial charge in [-0.3, -0.25) is 14.8 Å². The lowest BCUT2D eigenvalue weighted by molar-refractivity contribution is -0.123. The molecule has 23 heavy (non-hydrogen) atoms. The first kappa shape index (κ1) is 15.7. The van der Waals surface area contributed by atoms with Crippen molar-refractivity contribution in [1.82, 2.24) is 20.4 Å². The first-order valence-electron chi connectivity index (χ1n) is 8.25. The maximum Gasteiger partial charge on any atom is 0.241 e. The van der Waals surface area contributed by atoms with Gasteiger partial charge in [0.25, 0.3) is 0 Å². The Morgan fingerprint density at radius 1 is 1.22 bits per heavy atom. The Morgan fingerprint density at radius 2 is 1.96 bits per heavy atom. The Labute approximate surface area is 137 Å². The summed E-state index contributed by atoms with van der Waals surface area (Å²) in [4.78, 5) is 12.6. The van der Waals surface area contributed by atoms with E-state index < -0.39 is 0 Å². The highest BCUT2D eigenvalue weighted by Gasteiger charge is 2.30. The van der Waals surface area contributed by atoms with Gasteiger partial charge in [0.05, 0.1) is 6.04 Å². The summed E-state index contributed by atoms with van der Waals surface area (Å²) < 4.78 is 1.92. The molecule has 1 aromatic heterocycles. The van der Waals surface area contributed by atoms with E-state index >= 15 is 0 Å². The van der Waals surface area contributed by atoms with Gasteiger partial charge in [-0.2, -0.15) is 5.10 Å². The van der Waals surface area contributed by atoms with E-state index in [0.717, 1.165) is 18.4 Å². The van der Waals surface area contributed by atoms with Gasteiger partial charge in [0.2, 0.25) is 5.91 Å². The van der Waals surface area contributed by atoms with Crippen LogP contribution in [0.3, 0.4) is 0 Å². The average Bonchev–Trinajstić information content (AvgIpc) is 3.21. The number of rotatable bonds is 7. The predicted molar refractivity (Wildman–Crippen MR) is 89.9 cm³/mol. The van der Waals surface area contributed by atoms with E-state index in [1.165, 1.54) is 0 Å². The minimum atomic E-state index is -0.343. The molecule has 1 amide bonds. The third kappa shape index (κ3) is 3.99. The third-order valence-corrected chi connectivity index (χ3v) is 4.41. The summed E-state index contributed by atoms with van der Waals surface area (Å²) in [6.07, 6.45) is 5.90. The molecule has 1 fully saturated rings. The number of nitrogens with zero attached hydrogens (tertiary/aromatic N) is 2. The van der Waals surface area contributed by atoms with Crippen molar-refractivity contribution in [3.05, 3.63) is 54.4 Å². The summed E-state index contributed by atoms with van der Waals surface area (Å²) in [6.45, 7) is 4.19. The van der Waals surface area contributed by atoms with Crippen LogP contribution in [0.4, 0.5) is 0 Å². The lowest BCUT2D eigenvalue weighted by Gasteiger charge is -2.27. The quantitative estimate of drug-likeness (QED) is 0.825. The summed E-state index contributed by atoms with van der Waals surface area (Å²) >= 11 is 0. The Balaban J connectivity index is 1.73. The highest BCUT2D eigenvalue weighted by molar-refractivity contribution is 5.83. The van der Waals surface area contributed by atoms with Crippen LogP contribution < -0.4 is 10.6 Å². The molecule has 2 aromatic rings. The van der Waals surface area contributed by atoms with Crippen molar-refractivity contribution >= 4 is 5.91 Å². The van der Waals surface area contributed by atoms with Crippen LogP contribution >= 0.6 is 0 Å². The Bertz CT molecular complexity index is 622. The summed E-state index contributed by atoms with van der Waals surface area (Å²) in [5, 5.41) is 10.9. The van der Waals surface area contributed by atoms with Crippen LogP contribution in [-0.4, -0.2) is 27.8 Å². The second-order valence-corrected chi connectivity index (χ2v) is 6.31. The van der Waals surface area contributed by atoms with Gasteiger partial charge in [0.1, 0.15) is 6.04 Å². The van der Waals surface area contributed by atoms with E-state index in [0.29, 0.717) is 6.04 Å². The van der Waals surface area contributed by atoms with Crippen molar-refractivity contribution in [2.24, 2.45) is 0 Å². The van der Waals surface area contributed by atoms with Crippen LogP contribution in [0.25, 0.3) is 0 Å². The number of nitrogens with one attached hydrogen (secondary N) is 2. The second kappa shape index (κ2) is 6.96. The van der Waals surface area contributed by atoms with Gasteiger partial charge in [-0.1, -0.05) is 30.3 Å². The third-order valence-electron chi connectivity index (χ3n) is 4.41. The van der Waals surface area contributed by atoms with Crippen molar-refractivity contribution in [3.8, 4) is 0 Å². The molecule has 1 aliphatic rings. The minimum Gasteiger partial charge on any atom is -0.352 e. The molecular weight excluding hydrogens is 288 g/mol. The van der Waals surface area contributed by atoms with Gasteiger partial charge in [0, 0.05) is 24.5 Å². The summed E-state index contributed by atoms with van der Waals surface area (Å²) in [7, 11) is 0. The fraction of sp³-hybridized carbons (Fsp3) is 0.444. The zero-order chi connectivity index (χ0) is 16.2. The Hall–Kier alpha value is -2.14. The molecule has 0 bridgehead atoms. The van der Waals surface area contributed by atoms with Gasteiger partial charge >= 0.3 is 0 Å². The molecule has 3 atom stereocenters. The Kier molecular flexibility index (Phi) is 4.76. The van der Waals surface area contributed by atoms with Crippen LogP contribution in [-0.2, 0) is 4.79 Å². The van der Waals surface area contributed by atoms with E-state index in [9.17, 15) is 4.79 Å². The Morgan fingerprint density at radius 3 is 2.57 bits per heavy atom. The maximum atomic E-state index is 12.6. The molecular formula is C18H24N4O. The number of benzene rings is 1. The lowest BCUT2D eigenvalue weighted by atomic mass is 10.0. The van der Waals surface area contributed by atoms with E-state index in [2.05, 4.69) is 29.6 Å². The van der Waals surface area contributed by atoms with Gasteiger partial charge < -0.3 is 5.32 Å². The highest BCUT2D eigenvalue weighted by atomic mass is 16.2. The normalized spacial score (nSPS) is 18.2. The SMILES string of the molecule is C[C@H](N[C@H](C(=O)NC1CC1)c1ccccc1)[C@H](C)n1cccn1. The smallest absolute Gasteiger partial charge is 0.241 e. The molecule has 0 radical (unpaired) electrons. The topological polar surface area (TPSA) is 59.0 Å². The molecule has 5 heteroatoms. The molecule has 0 spiro atoms. The first-order chi connectivity index (χ1) is 11.1.